The second-order valence-electron chi connectivity index (χ2n) is 4.92. The van der Waals surface area contributed by atoms with E-state index in [9.17, 15) is 23.1 Å². The zero-order valence-corrected chi connectivity index (χ0v) is 12.4. The number of aliphatic imine (C=N–C) groups is 1. The van der Waals surface area contributed by atoms with E-state index in [0.717, 1.165) is 0 Å². The molecule has 0 radical (unpaired) electrons. The number of guanidine groups is 1. The number of hydrogen-bond acceptors (Lipinski definition) is 4. The number of aryl methyl sites for hydroxylation is 1. The van der Waals surface area contributed by atoms with Gasteiger partial charge in [-0.05, 0) is 12.8 Å². The molecule has 9 nitrogen and oxygen atoms in total. The van der Waals surface area contributed by atoms with E-state index in [1.165, 1.54) is 10.7 Å². The fourth-order valence-electron chi connectivity index (χ4n) is 1.92. The van der Waals surface area contributed by atoms with Crippen LogP contribution in [0.2, 0.25) is 0 Å². The van der Waals surface area contributed by atoms with Crippen molar-refractivity contribution in [3.05, 3.63) is 28.2 Å². The van der Waals surface area contributed by atoms with Gasteiger partial charge in [0.1, 0.15) is 6.54 Å². The number of rotatable bonds is 6. The Kier molecular flexibility index (Phi) is 5.16. The van der Waals surface area contributed by atoms with E-state index in [2.05, 4.69) is 25.6 Å². The molecule has 0 aliphatic rings. The summed E-state index contributed by atoms with van der Waals surface area (Å²) in [6, 6.07) is 1.52. The lowest BCUT2D eigenvalue weighted by Crippen LogP contribution is -2.25. The maximum absolute atomic E-state index is 12.0. The lowest BCUT2D eigenvalue weighted by molar-refractivity contribution is -0.118. The molecule has 0 spiro atoms. The summed E-state index contributed by atoms with van der Waals surface area (Å²) >= 11 is 0. The van der Waals surface area contributed by atoms with Crippen molar-refractivity contribution in [3.63, 3.8) is 0 Å². The monoisotopic (exact) mass is 347 g/mol. The first-order valence-corrected chi connectivity index (χ1v) is 6.90. The molecule has 2 aromatic heterocycles. The fourth-order valence-corrected chi connectivity index (χ4v) is 1.92. The molecule has 0 fully saturated rings. The van der Waals surface area contributed by atoms with Crippen LogP contribution in [0.5, 0.6) is 5.88 Å². The van der Waals surface area contributed by atoms with Crippen LogP contribution in [-0.2, 0) is 13.0 Å². The number of alkyl halides is 3. The molecule has 132 valence electrons. The van der Waals surface area contributed by atoms with Gasteiger partial charge in [0.15, 0.2) is 11.8 Å². The van der Waals surface area contributed by atoms with Gasteiger partial charge in [-0.25, -0.2) is 4.99 Å². The number of anilines is 1. The third-order valence-corrected chi connectivity index (χ3v) is 2.99. The van der Waals surface area contributed by atoms with Gasteiger partial charge in [-0.15, -0.1) is 0 Å². The molecular weight excluding hydrogens is 331 g/mol. The van der Waals surface area contributed by atoms with Gasteiger partial charge in [0, 0.05) is 18.8 Å². The minimum atomic E-state index is -4.42. The molecule has 12 heteroatoms. The van der Waals surface area contributed by atoms with Gasteiger partial charge in [0.2, 0.25) is 5.88 Å². The summed E-state index contributed by atoms with van der Waals surface area (Å²) in [7, 11) is 0. The van der Waals surface area contributed by atoms with Crippen molar-refractivity contribution in [2.45, 2.75) is 25.6 Å². The Morgan fingerprint density at radius 2 is 2.21 bits per heavy atom. The van der Waals surface area contributed by atoms with Gasteiger partial charge in [-0.3, -0.25) is 19.7 Å². The summed E-state index contributed by atoms with van der Waals surface area (Å²) in [5.74, 6) is -0.335. The maximum Gasteiger partial charge on any atom is 0.408 e. The number of nitrogens with two attached hydrogens (primary N) is 1. The Balaban J connectivity index is 1.84. The van der Waals surface area contributed by atoms with Crippen molar-refractivity contribution in [3.8, 4) is 5.88 Å². The molecule has 0 atom stereocenters. The second-order valence-corrected chi connectivity index (χ2v) is 4.92. The zero-order chi connectivity index (χ0) is 17.7. The first-order chi connectivity index (χ1) is 11.2. The first kappa shape index (κ1) is 17.4. The molecule has 0 bridgehead atoms. The van der Waals surface area contributed by atoms with Crippen LogP contribution in [0, 0.1) is 0 Å². The van der Waals surface area contributed by atoms with Crippen molar-refractivity contribution in [2.24, 2.45) is 10.7 Å². The van der Waals surface area contributed by atoms with E-state index in [1.807, 2.05) is 0 Å². The van der Waals surface area contributed by atoms with Crippen LogP contribution in [0.15, 0.2) is 22.1 Å². The fraction of sp³-hybridized carbons (Fsp3) is 0.417. The predicted molar refractivity (Wildman–Crippen MR) is 79.8 cm³/mol. The Hall–Kier alpha value is -2.92. The summed E-state index contributed by atoms with van der Waals surface area (Å²) < 4.78 is 37.6. The summed E-state index contributed by atoms with van der Waals surface area (Å²) in [5, 5.41) is 20.5. The highest BCUT2D eigenvalue weighted by molar-refractivity contribution is 5.91. The highest BCUT2D eigenvalue weighted by atomic mass is 19.4. The topological polar surface area (TPSA) is 137 Å². The van der Waals surface area contributed by atoms with Gasteiger partial charge in [0.25, 0.3) is 5.56 Å². The molecule has 0 aliphatic carbocycles. The van der Waals surface area contributed by atoms with E-state index in [1.54, 1.807) is 6.20 Å². The molecule has 2 rings (SSSR count). The van der Waals surface area contributed by atoms with E-state index < -0.39 is 12.7 Å². The molecule has 0 unspecified atom stereocenters. The third-order valence-electron chi connectivity index (χ3n) is 2.99. The number of hydrogen-bond donors (Lipinski definition) is 5. The lowest BCUT2D eigenvalue weighted by Gasteiger charge is -2.05. The number of halogens is 3. The predicted octanol–water partition coefficient (Wildman–Crippen LogP) is 0.527. The highest BCUT2D eigenvalue weighted by Crippen LogP contribution is 2.14. The number of nitrogens with one attached hydrogen (secondary N) is 3. The SMILES string of the molecule is NC(=NCC(F)(F)F)Nc1ccn(CCCc2c(O)[nH][nH]c2=O)n1. The molecule has 2 heterocycles. The number of aromatic nitrogens is 4. The molecule has 2 aromatic rings. The van der Waals surface area contributed by atoms with Crippen LogP contribution in [0.25, 0.3) is 0 Å². The maximum atomic E-state index is 12.0. The average Bonchev–Trinajstić information content (AvgIpc) is 3.05. The molecular formula is C12H16F3N7O2. The van der Waals surface area contributed by atoms with E-state index in [4.69, 9.17) is 5.73 Å². The van der Waals surface area contributed by atoms with Gasteiger partial charge < -0.3 is 16.2 Å². The normalized spacial score (nSPS) is 12.5. The summed E-state index contributed by atoms with van der Waals surface area (Å²) in [5.41, 5.74) is 5.21. The number of nitrogens with zero attached hydrogens (tertiary/aromatic N) is 3. The van der Waals surface area contributed by atoms with Crippen molar-refractivity contribution < 1.29 is 18.3 Å². The van der Waals surface area contributed by atoms with Gasteiger partial charge in [0.05, 0.1) is 5.56 Å². The van der Waals surface area contributed by atoms with Crippen LogP contribution >= 0.6 is 0 Å². The highest BCUT2D eigenvalue weighted by Gasteiger charge is 2.26. The van der Waals surface area contributed by atoms with E-state index >= 15 is 0 Å². The van der Waals surface area contributed by atoms with Gasteiger partial charge in [-0.2, -0.15) is 18.3 Å². The van der Waals surface area contributed by atoms with Crippen LogP contribution < -0.4 is 16.6 Å². The number of aromatic hydroxyl groups is 1. The Morgan fingerprint density at radius 1 is 1.46 bits per heavy atom. The Morgan fingerprint density at radius 3 is 2.83 bits per heavy atom. The van der Waals surface area contributed by atoms with E-state index in [-0.39, 0.29) is 28.8 Å². The molecule has 0 saturated carbocycles. The smallest absolute Gasteiger partial charge is 0.408 e. The van der Waals surface area contributed by atoms with Crippen molar-refractivity contribution in [2.75, 3.05) is 11.9 Å². The molecule has 0 aromatic carbocycles. The molecule has 0 saturated heterocycles. The quantitative estimate of drug-likeness (QED) is 0.383. The summed E-state index contributed by atoms with van der Waals surface area (Å²) in [6.45, 7) is -0.938. The molecule has 6 N–H and O–H groups in total. The number of aromatic amines is 2. The molecule has 24 heavy (non-hydrogen) atoms. The Labute approximate surface area is 133 Å². The standard InChI is InChI=1S/C12H16F3N7O2/c13-12(14,15)6-17-11(16)18-8-3-5-22(21-8)4-1-2-7-9(23)19-20-10(7)24/h3,5H,1-2,4,6H2,(H3,16,17,18,21)(H3,19,20,23,24). The van der Waals surface area contributed by atoms with Crippen LogP contribution in [0.3, 0.4) is 0 Å². The summed E-state index contributed by atoms with van der Waals surface area (Å²) in [4.78, 5) is 14.5. The lowest BCUT2D eigenvalue weighted by atomic mass is 10.2. The van der Waals surface area contributed by atoms with Crippen LogP contribution in [-0.4, -0.2) is 43.8 Å². The van der Waals surface area contributed by atoms with Gasteiger partial charge >= 0.3 is 6.18 Å². The largest absolute Gasteiger partial charge is 0.493 e. The molecule has 0 amide bonds. The van der Waals surface area contributed by atoms with Crippen molar-refractivity contribution in [1.82, 2.24) is 20.0 Å². The molecule has 0 aliphatic heterocycles. The summed E-state index contributed by atoms with van der Waals surface area (Å²) in [6.07, 6.45) is -1.97. The van der Waals surface area contributed by atoms with Crippen molar-refractivity contribution in [1.29, 1.82) is 0 Å². The zero-order valence-electron chi connectivity index (χ0n) is 12.4. The minimum absolute atomic E-state index is 0.198. The Bertz CT molecular complexity index is 759. The van der Waals surface area contributed by atoms with Crippen LogP contribution in [0.1, 0.15) is 12.0 Å². The minimum Gasteiger partial charge on any atom is -0.493 e. The second kappa shape index (κ2) is 7.10. The first-order valence-electron chi connectivity index (χ1n) is 6.90. The third kappa shape index (κ3) is 5.07. The number of H-pyrrole nitrogens is 2. The van der Waals surface area contributed by atoms with E-state index in [0.29, 0.717) is 19.4 Å². The van der Waals surface area contributed by atoms with Crippen molar-refractivity contribution >= 4 is 11.8 Å². The average molecular weight is 347 g/mol. The van der Waals surface area contributed by atoms with Crippen LogP contribution in [0.4, 0.5) is 19.0 Å². The van der Waals surface area contributed by atoms with Gasteiger partial charge in [-0.1, -0.05) is 0 Å².